The maximum Gasteiger partial charge on any atom is 0.230 e. The number of carbonyl (C=O) groups excluding carboxylic acids is 1. The molecule has 22 heavy (non-hydrogen) atoms. The molecule has 2 unspecified atom stereocenters. The molecule has 0 radical (unpaired) electrons. The molecular weight excluding hydrogens is 280 g/mol. The Morgan fingerprint density at radius 3 is 2.95 bits per heavy atom. The van der Waals surface area contributed by atoms with Gasteiger partial charge >= 0.3 is 0 Å². The van der Waals surface area contributed by atoms with E-state index < -0.39 is 0 Å². The smallest absolute Gasteiger partial charge is 0.230 e. The lowest BCUT2D eigenvalue weighted by molar-refractivity contribution is -0.142. The molecule has 1 N–H and O–H groups in total. The van der Waals surface area contributed by atoms with Crippen LogP contribution in [0.5, 0.6) is 0 Å². The van der Waals surface area contributed by atoms with E-state index in [1.54, 1.807) is 0 Å². The zero-order valence-electron chi connectivity index (χ0n) is 12.6. The summed E-state index contributed by atoms with van der Waals surface area (Å²) in [5.74, 6) is 0.666. The minimum absolute atomic E-state index is 0.124. The molecular formula is C16H20N4O2. The van der Waals surface area contributed by atoms with E-state index in [-0.39, 0.29) is 17.9 Å². The van der Waals surface area contributed by atoms with Crippen LogP contribution in [0, 0.1) is 0 Å². The highest BCUT2D eigenvalue weighted by molar-refractivity contribution is 5.84. The van der Waals surface area contributed by atoms with E-state index in [4.69, 9.17) is 4.74 Å². The number of nitrogens with one attached hydrogen (secondary N) is 1. The molecule has 6 heteroatoms. The fraction of sp³-hybridized carbons (Fsp3) is 0.438. The summed E-state index contributed by atoms with van der Waals surface area (Å²) in [6.45, 7) is 3.63. The second-order valence-corrected chi connectivity index (χ2v) is 5.36. The molecule has 2 atom stereocenters. The third-order valence-electron chi connectivity index (χ3n) is 4.07. The van der Waals surface area contributed by atoms with Gasteiger partial charge in [0.1, 0.15) is 18.2 Å². The zero-order chi connectivity index (χ0) is 15.4. The molecule has 0 saturated carbocycles. The van der Waals surface area contributed by atoms with Gasteiger partial charge in [-0.25, -0.2) is 4.98 Å². The summed E-state index contributed by atoms with van der Waals surface area (Å²) in [5, 5.41) is 6.74. The van der Waals surface area contributed by atoms with Crippen molar-refractivity contribution in [1.82, 2.24) is 20.1 Å². The molecule has 2 heterocycles. The SMILES string of the molecule is CCC(C(=O)N1CCOCC1c1ncn[nH]1)c1ccccc1. The summed E-state index contributed by atoms with van der Waals surface area (Å²) >= 11 is 0. The summed E-state index contributed by atoms with van der Waals surface area (Å²) in [4.78, 5) is 19.1. The van der Waals surface area contributed by atoms with Crippen molar-refractivity contribution in [3.8, 4) is 0 Å². The van der Waals surface area contributed by atoms with E-state index in [2.05, 4.69) is 15.2 Å². The number of morpholine rings is 1. The Balaban J connectivity index is 1.85. The van der Waals surface area contributed by atoms with Crippen molar-refractivity contribution in [3.05, 3.63) is 48.0 Å². The maximum absolute atomic E-state index is 13.0. The van der Waals surface area contributed by atoms with E-state index in [0.29, 0.717) is 25.6 Å². The van der Waals surface area contributed by atoms with Crippen molar-refractivity contribution in [2.45, 2.75) is 25.3 Å². The minimum Gasteiger partial charge on any atom is -0.377 e. The van der Waals surface area contributed by atoms with Gasteiger partial charge in [-0.1, -0.05) is 37.3 Å². The number of hydrogen-bond donors (Lipinski definition) is 1. The van der Waals surface area contributed by atoms with Crippen LogP contribution < -0.4 is 0 Å². The number of aromatic nitrogens is 3. The molecule has 6 nitrogen and oxygen atoms in total. The average Bonchev–Trinajstić information content (AvgIpc) is 3.11. The molecule has 1 amide bonds. The molecule has 1 aromatic heterocycles. The Morgan fingerprint density at radius 1 is 1.45 bits per heavy atom. The van der Waals surface area contributed by atoms with Gasteiger partial charge in [-0.3, -0.25) is 9.89 Å². The van der Waals surface area contributed by atoms with Crippen molar-refractivity contribution < 1.29 is 9.53 Å². The minimum atomic E-state index is -0.193. The lowest BCUT2D eigenvalue weighted by Gasteiger charge is -2.36. The van der Waals surface area contributed by atoms with E-state index in [0.717, 1.165) is 12.0 Å². The predicted molar refractivity (Wildman–Crippen MR) is 81.1 cm³/mol. The van der Waals surface area contributed by atoms with Crippen LogP contribution in [-0.2, 0) is 9.53 Å². The lowest BCUT2D eigenvalue weighted by atomic mass is 9.94. The van der Waals surface area contributed by atoms with Crippen LogP contribution in [0.3, 0.4) is 0 Å². The van der Waals surface area contributed by atoms with Gasteiger partial charge in [-0.2, -0.15) is 5.10 Å². The maximum atomic E-state index is 13.0. The molecule has 2 aromatic rings. The van der Waals surface area contributed by atoms with Gasteiger partial charge in [0, 0.05) is 6.54 Å². The molecule has 1 aromatic carbocycles. The molecule has 0 aliphatic carbocycles. The van der Waals surface area contributed by atoms with Crippen molar-refractivity contribution >= 4 is 5.91 Å². The molecule has 1 aliphatic heterocycles. The Labute approximate surface area is 129 Å². The fourth-order valence-corrected chi connectivity index (χ4v) is 2.91. The van der Waals surface area contributed by atoms with Gasteiger partial charge in [0.05, 0.1) is 19.1 Å². The van der Waals surface area contributed by atoms with E-state index >= 15 is 0 Å². The number of rotatable bonds is 4. The van der Waals surface area contributed by atoms with Crippen molar-refractivity contribution in [2.24, 2.45) is 0 Å². The first-order valence-electron chi connectivity index (χ1n) is 7.59. The standard InChI is InChI=1S/C16H20N4O2/c1-2-13(12-6-4-3-5-7-12)16(21)20-8-9-22-10-14(20)15-17-11-18-19-15/h3-7,11,13-14H,2,8-10H2,1H3,(H,17,18,19). The topological polar surface area (TPSA) is 71.1 Å². The third-order valence-corrected chi connectivity index (χ3v) is 4.07. The van der Waals surface area contributed by atoms with E-state index in [1.165, 1.54) is 6.33 Å². The summed E-state index contributed by atoms with van der Waals surface area (Å²) in [6.07, 6.45) is 2.23. The number of H-pyrrole nitrogens is 1. The van der Waals surface area contributed by atoms with Crippen LogP contribution >= 0.6 is 0 Å². The molecule has 116 valence electrons. The summed E-state index contributed by atoms with van der Waals surface area (Å²) in [5.41, 5.74) is 1.05. The second kappa shape index (κ2) is 6.70. The summed E-state index contributed by atoms with van der Waals surface area (Å²) < 4.78 is 5.52. The normalized spacial score (nSPS) is 19.9. The van der Waals surface area contributed by atoms with Crippen LogP contribution in [0.15, 0.2) is 36.7 Å². The highest BCUT2D eigenvalue weighted by atomic mass is 16.5. The average molecular weight is 300 g/mol. The highest BCUT2D eigenvalue weighted by Gasteiger charge is 2.34. The molecule has 0 spiro atoms. The second-order valence-electron chi connectivity index (χ2n) is 5.36. The highest BCUT2D eigenvalue weighted by Crippen LogP contribution is 2.28. The molecule has 1 fully saturated rings. The third kappa shape index (κ3) is 2.87. The van der Waals surface area contributed by atoms with Crippen molar-refractivity contribution in [2.75, 3.05) is 19.8 Å². The van der Waals surface area contributed by atoms with Gasteiger partial charge in [0.25, 0.3) is 0 Å². The van der Waals surface area contributed by atoms with Gasteiger partial charge < -0.3 is 9.64 Å². The van der Waals surface area contributed by atoms with E-state index in [1.807, 2.05) is 42.2 Å². The number of amides is 1. The number of nitrogens with zero attached hydrogens (tertiary/aromatic N) is 3. The largest absolute Gasteiger partial charge is 0.377 e. The molecule has 1 aliphatic rings. The van der Waals surface area contributed by atoms with Crippen LogP contribution in [0.1, 0.15) is 36.7 Å². The summed E-state index contributed by atoms with van der Waals surface area (Å²) in [7, 11) is 0. The number of ether oxygens (including phenoxy) is 1. The Morgan fingerprint density at radius 2 is 2.27 bits per heavy atom. The van der Waals surface area contributed by atoms with Gasteiger partial charge in [-0.15, -0.1) is 0 Å². The quantitative estimate of drug-likeness (QED) is 0.936. The fourth-order valence-electron chi connectivity index (χ4n) is 2.91. The number of aromatic amines is 1. The molecule has 3 rings (SSSR count). The van der Waals surface area contributed by atoms with Gasteiger partial charge in [0.2, 0.25) is 5.91 Å². The van der Waals surface area contributed by atoms with Crippen molar-refractivity contribution in [3.63, 3.8) is 0 Å². The zero-order valence-corrected chi connectivity index (χ0v) is 12.6. The Bertz CT molecular complexity index is 600. The first-order valence-corrected chi connectivity index (χ1v) is 7.59. The van der Waals surface area contributed by atoms with Gasteiger partial charge in [-0.05, 0) is 12.0 Å². The van der Waals surface area contributed by atoms with Crippen LogP contribution in [0.25, 0.3) is 0 Å². The number of carbonyl (C=O) groups is 1. The van der Waals surface area contributed by atoms with Crippen LogP contribution in [0.4, 0.5) is 0 Å². The van der Waals surface area contributed by atoms with Crippen LogP contribution in [0.2, 0.25) is 0 Å². The Hall–Kier alpha value is -2.21. The first-order chi connectivity index (χ1) is 10.8. The predicted octanol–water partition coefficient (Wildman–Crippen LogP) is 1.90. The number of hydrogen-bond acceptors (Lipinski definition) is 4. The molecule has 0 bridgehead atoms. The van der Waals surface area contributed by atoms with Crippen molar-refractivity contribution in [1.29, 1.82) is 0 Å². The van der Waals surface area contributed by atoms with Gasteiger partial charge in [0.15, 0.2) is 0 Å². The lowest BCUT2D eigenvalue weighted by Crippen LogP contribution is -2.45. The molecule has 1 saturated heterocycles. The summed E-state index contributed by atoms with van der Waals surface area (Å²) in [6, 6.07) is 9.73. The van der Waals surface area contributed by atoms with Crippen LogP contribution in [-0.4, -0.2) is 45.7 Å². The monoisotopic (exact) mass is 300 g/mol. The Kier molecular flexibility index (Phi) is 4.48. The van der Waals surface area contributed by atoms with E-state index in [9.17, 15) is 4.79 Å². The first kappa shape index (κ1) is 14.7. The number of benzene rings is 1.